The fraction of sp³-hybridized carbons (Fsp3) is 0.412. The van der Waals surface area contributed by atoms with Gasteiger partial charge in [0.2, 0.25) is 17.7 Å². The second-order valence-corrected chi connectivity index (χ2v) is 17.0. The van der Waals surface area contributed by atoms with Crippen LogP contribution in [0.4, 0.5) is 17.6 Å². The van der Waals surface area contributed by atoms with Crippen LogP contribution >= 0.6 is 56.5 Å². The van der Waals surface area contributed by atoms with Crippen molar-refractivity contribution in [3.8, 4) is 0 Å². The molecule has 0 aliphatic heterocycles. The second kappa shape index (κ2) is 15.2. The summed E-state index contributed by atoms with van der Waals surface area (Å²) in [6.45, 7) is 5.63. The van der Waals surface area contributed by atoms with E-state index in [0.29, 0.717) is 28.1 Å². The molecule has 2 heterocycles. The largest absolute Gasteiger partial charge is 0.418 e. The maximum atomic E-state index is 14.5. The third-order valence-electron chi connectivity index (χ3n) is 8.72. The van der Waals surface area contributed by atoms with Crippen LogP contribution in [0, 0.1) is 5.82 Å². The van der Waals surface area contributed by atoms with Crippen molar-refractivity contribution in [2.75, 3.05) is 0 Å². The highest BCUT2D eigenvalue weighted by molar-refractivity contribution is 14.1. The van der Waals surface area contributed by atoms with E-state index in [9.17, 15) is 31.9 Å². The predicted octanol–water partition coefficient (Wildman–Crippen LogP) is 6.92. The van der Waals surface area contributed by atoms with E-state index in [-0.39, 0.29) is 40.7 Å². The van der Waals surface area contributed by atoms with Crippen LogP contribution in [0.1, 0.15) is 66.3 Å². The Kier molecular flexibility index (Phi) is 11.6. The SMILES string of the molecule is CCc1csc([C@@H](NC(=O)[C@@]2(NC(=O)[C@@H](NC(=O)Cc3ccccc3F)[C@@H](C)I)CCc3[nH]c4c(C(F)(F)F)cccc4c3C2)[C@@H](C)I)n1. The van der Waals surface area contributed by atoms with E-state index in [0.717, 1.165) is 11.8 Å². The van der Waals surface area contributed by atoms with Crippen LogP contribution in [0.25, 0.3) is 10.9 Å². The normalized spacial score (nSPS) is 18.6. The van der Waals surface area contributed by atoms with Gasteiger partial charge in [-0.15, -0.1) is 11.3 Å². The summed E-state index contributed by atoms with van der Waals surface area (Å²) in [6.07, 6.45) is -4.01. The van der Waals surface area contributed by atoms with E-state index in [2.05, 4.69) is 48.5 Å². The molecular weight excluding hydrogens is 888 g/mol. The molecule has 0 saturated heterocycles. The Hall–Kier alpha value is -2.80. The van der Waals surface area contributed by atoms with Gasteiger partial charge in [-0.2, -0.15) is 13.2 Å². The molecule has 15 heteroatoms. The first-order valence-corrected chi connectivity index (χ1v) is 19.1. The number of H-pyrrole nitrogens is 1. The number of para-hydroxylation sites is 1. The van der Waals surface area contributed by atoms with E-state index in [4.69, 9.17) is 0 Å². The summed E-state index contributed by atoms with van der Waals surface area (Å²) < 4.78 is 55.6. The molecule has 0 saturated carbocycles. The zero-order valence-electron chi connectivity index (χ0n) is 26.8. The van der Waals surface area contributed by atoms with Crippen LogP contribution in [0.15, 0.2) is 47.8 Å². The molecule has 49 heavy (non-hydrogen) atoms. The minimum atomic E-state index is -4.60. The number of carbonyl (C=O) groups is 3. The number of halogens is 6. The number of amides is 3. The third kappa shape index (κ3) is 8.24. The Labute approximate surface area is 312 Å². The van der Waals surface area contributed by atoms with Crippen molar-refractivity contribution in [1.82, 2.24) is 25.9 Å². The van der Waals surface area contributed by atoms with Crippen LogP contribution in [0.5, 0.6) is 0 Å². The number of aromatic nitrogens is 2. The summed E-state index contributed by atoms with van der Waals surface area (Å²) in [5.41, 5.74) is -0.353. The molecule has 4 N–H and O–H groups in total. The lowest BCUT2D eigenvalue weighted by Crippen LogP contribution is -2.65. The van der Waals surface area contributed by atoms with Gasteiger partial charge in [0.1, 0.15) is 22.4 Å². The molecule has 1 aliphatic carbocycles. The van der Waals surface area contributed by atoms with Crippen molar-refractivity contribution in [2.24, 2.45) is 0 Å². The smallest absolute Gasteiger partial charge is 0.358 e. The van der Waals surface area contributed by atoms with Gasteiger partial charge in [-0.3, -0.25) is 14.4 Å². The van der Waals surface area contributed by atoms with Crippen molar-refractivity contribution in [3.63, 3.8) is 0 Å². The number of nitrogens with one attached hydrogen (secondary N) is 4. The number of rotatable bonds is 11. The van der Waals surface area contributed by atoms with Gasteiger partial charge in [0.05, 0.1) is 29.2 Å². The van der Waals surface area contributed by atoms with Crippen molar-refractivity contribution in [3.05, 3.63) is 86.7 Å². The molecule has 0 bridgehead atoms. The average molecular weight is 924 g/mol. The van der Waals surface area contributed by atoms with Crippen molar-refractivity contribution in [2.45, 2.75) is 84.5 Å². The van der Waals surface area contributed by atoms with Crippen LogP contribution in [0.3, 0.4) is 0 Å². The van der Waals surface area contributed by atoms with E-state index in [1.165, 1.54) is 35.6 Å². The van der Waals surface area contributed by atoms with Crippen LogP contribution in [0.2, 0.25) is 0 Å². The number of hydrogen-bond donors (Lipinski definition) is 4. The quantitative estimate of drug-likeness (QED) is 0.0744. The number of aryl methyl sites for hydroxylation is 2. The highest BCUT2D eigenvalue weighted by Crippen LogP contribution is 2.40. The zero-order chi connectivity index (χ0) is 35.7. The van der Waals surface area contributed by atoms with Gasteiger partial charge < -0.3 is 20.9 Å². The first kappa shape index (κ1) is 37.5. The summed E-state index contributed by atoms with van der Waals surface area (Å²) in [5, 5.41) is 11.7. The van der Waals surface area contributed by atoms with E-state index < -0.39 is 56.8 Å². The minimum absolute atomic E-state index is 0.0738. The second-order valence-electron chi connectivity index (χ2n) is 12.2. The molecule has 0 unspecified atom stereocenters. The summed E-state index contributed by atoms with van der Waals surface area (Å²) in [6, 6.07) is 8.15. The number of fused-ring (bicyclic) bond motifs is 3. The van der Waals surface area contributed by atoms with Gasteiger partial charge in [-0.25, -0.2) is 9.37 Å². The third-order valence-corrected chi connectivity index (χ3v) is 11.1. The number of nitrogens with zero attached hydrogens (tertiary/aromatic N) is 1. The maximum Gasteiger partial charge on any atom is 0.418 e. The van der Waals surface area contributed by atoms with Crippen LogP contribution < -0.4 is 16.0 Å². The van der Waals surface area contributed by atoms with E-state index in [1.54, 1.807) is 19.1 Å². The molecule has 2 aromatic heterocycles. The number of benzene rings is 2. The molecule has 8 nitrogen and oxygen atoms in total. The Morgan fingerprint density at radius 1 is 1.06 bits per heavy atom. The highest BCUT2D eigenvalue weighted by Gasteiger charge is 2.47. The number of alkyl halides is 5. The molecule has 5 atom stereocenters. The van der Waals surface area contributed by atoms with Gasteiger partial charge in [0.15, 0.2) is 0 Å². The summed E-state index contributed by atoms with van der Waals surface area (Å²) in [4.78, 5) is 49.3. The molecular formula is C34H35F4I2N5O3S. The lowest BCUT2D eigenvalue weighted by atomic mass is 9.78. The molecule has 5 rings (SSSR count). The zero-order valence-corrected chi connectivity index (χ0v) is 31.9. The number of hydrogen-bond acceptors (Lipinski definition) is 5. The summed E-state index contributed by atoms with van der Waals surface area (Å²) in [7, 11) is 0. The van der Waals surface area contributed by atoms with Crippen molar-refractivity contribution in [1.29, 1.82) is 0 Å². The lowest BCUT2D eigenvalue weighted by molar-refractivity contribution is -0.136. The molecule has 4 aromatic rings. The van der Waals surface area contributed by atoms with Crippen LogP contribution in [-0.2, 0) is 46.2 Å². The van der Waals surface area contributed by atoms with E-state index in [1.807, 2.05) is 41.8 Å². The molecule has 1 aliphatic rings. The Balaban J connectivity index is 1.50. The summed E-state index contributed by atoms with van der Waals surface area (Å²) in [5.74, 6) is -2.27. The molecule has 0 radical (unpaired) electrons. The van der Waals surface area contributed by atoms with Gasteiger partial charge >= 0.3 is 6.18 Å². The molecule has 0 spiro atoms. The minimum Gasteiger partial charge on any atom is -0.358 e. The van der Waals surface area contributed by atoms with Crippen molar-refractivity contribution < 1.29 is 31.9 Å². The number of thiazole rings is 1. The molecule has 2 aromatic carbocycles. The Bertz CT molecular complexity index is 1860. The van der Waals surface area contributed by atoms with Crippen molar-refractivity contribution >= 4 is 85.1 Å². The molecule has 0 fully saturated rings. The first-order chi connectivity index (χ1) is 23.1. The lowest BCUT2D eigenvalue weighted by Gasteiger charge is -2.39. The van der Waals surface area contributed by atoms with Crippen LogP contribution in [-0.4, -0.2) is 47.1 Å². The number of aromatic amines is 1. The van der Waals surface area contributed by atoms with Gasteiger partial charge in [-0.05, 0) is 42.5 Å². The maximum absolute atomic E-state index is 14.5. The Morgan fingerprint density at radius 3 is 2.43 bits per heavy atom. The van der Waals surface area contributed by atoms with Gasteiger partial charge in [0, 0.05) is 30.7 Å². The average Bonchev–Trinajstić information content (AvgIpc) is 3.67. The first-order valence-electron chi connectivity index (χ1n) is 15.7. The molecule has 3 amide bonds. The van der Waals surface area contributed by atoms with Gasteiger partial charge in [-0.1, -0.05) is 96.3 Å². The Morgan fingerprint density at radius 2 is 1.80 bits per heavy atom. The monoisotopic (exact) mass is 923 g/mol. The highest BCUT2D eigenvalue weighted by atomic mass is 127. The number of carbonyl (C=O) groups excluding carboxylic acids is 3. The fourth-order valence-corrected chi connectivity index (χ4v) is 8.41. The van der Waals surface area contributed by atoms with Gasteiger partial charge in [0.25, 0.3) is 0 Å². The predicted molar refractivity (Wildman–Crippen MR) is 198 cm³/mol. The topological polar surface area (TPSA) is 116 Å². The summed E-state index contributed by atoms with van der Waals surface area (Å²) >= 11 is 5.63. The fourth-order valence-electron chi connectivity index (χ4n) is 6.09. The standard InChI is InChI=1S/C34H35F4I2N5O3S/c1-4-20-16-49-31(41-20)28(18(3)40)44-32(48)33(13-12-25-22(15-33)21-9-7-10-23(29(21)42-25)34(36,37)38)45-30(47)27(17(2)39)43-26(46)14-19-8-5-6-11-24(19)35/h5-11,16-18,27-28,42H,4,12-15H2,1-3H3,(H,43,46)(H,44,48)(H,45,47)/t17-,18-,27+,28+,33-/m1/s1. The molecule has 262 valence electrons. The van der Waals surface area contributed by atoms with E-state index >= 15 is 0 Å².